The Morgan fingerprint density at radius 1 is 1.10 bits per heavy atom. The first-order chi connectivity index (χ1) is 13.9. The van der Waals surface area contributed by atoms with Gasteiger partial charge >= 0.3 is 0 Å². The van der Waals surface area contributed by atoms with Crippen molar-refractivity contribution in [3.05, 3.63) is 40.8 Å². The number of piperazine rings is 1. The zero-order valence-corrected chi connectivity index (χ0v) is 17.7. The lowest BCUT2D eigenvalue weighted by molar-refractivity contribution is -0.119. The molecular formula is C19H23N3O5S2. The third kappa shape index (κ3) is 4.55. The summed E-state index contributed by atoms with van der Waals surface area (Å²) in [4.78, 5) is 14.1. The van der Waals surface area contributed by atoms with Crippen LogP contribution in [0.4, 0.5) is 0 Å². The fraction of sp³-hybridized carbons (Fsp3) is 0.421. The Morgan fingerprint density at radius 2 is 1.86 bits per heavy atom. The first-order valence-electron chi connectivity index (χ1n) is 9.36. The molecule has 0 saturated carbocycles. The van der Waals surface area contributed by atoms with Crippen molar-refractivity contribution in [2.45, 2.75) is 24.2 Å². The number of nitrogens with one attached hydrogen (secondary N) is 1. The zero-order chi connectivity index (χ0) is 20.4. The van der Waals surface area contributed by atoms with Crippen LogP contribution in [-0.2, 0) is 27.9 Å². The minimum Gasteiger partial charge on any atom is -0.454 e. The molecule has 10 heteroatoms. The molecule has 1 fully saturated rings. The topological polar surface area (TPSA) is 88.2 Å². The van der Waals surface area contributed by atoms with Gasteiger partial charge in [0.1, 0.15) is 4.21 Å². The van der Waals surface area contributed by atoms with Crippen LogP contribution in [0.25, 0.3) is 0 Å². The lowest BCUT2D eigenvalue weighted by atomic mass is 10.2. The summed E-state index contributed by atoms with van der Waals surface area (Å²) in [6.07, 6.45) is 0. The summed E-state index contributed by atoms with van der Waals surface area (Å²) in [6, 6.07) is 9.28. The number of rotatable bonds is 6. The molecule has 0 unspecified atom stereocenters. The summed E-state index contributed by atoms with van der Waals surface area (Å²) in [6.45, 7) is 5.01. The van der Waals surface area contributed by atoms with E-state index in [1.165, 1.54) is 22.6 Å². The summed E-state index contributed by atoms with van der Waals surface area (Å²) >= 11 is 1.21. The second-order valence-electron chi connectivity index (χ2n) is 7.00. The van der Waals surface area contributed by atoms with Crippen LogP contribution in [0.1, 0.15) is 17.4 Å². The van der Waals surface area contributed by atoms with Crippen molar-refractivity contribution in [1.29, 1.82) is 0 Å². The summed E-state index contributed by atoms with van der Waals surface area (Å²) in [5, 5.41) is 2.69. The third-order valence-electron chi connectivity index (χ3n) is 4.92. The van der Waals surface area contributed by atoms with Crippen molar-refractivity contribution >= 4 is 27.3 Å². The molecular weight excluding hydrogens is 414 g/mol. The molecule has 2 aliphatic rings. The van der Waals surface area contributed by atoms with E-state index in [1.807, 2.05) is 18.2 Å². The monoisotopic (exact) mass is 437 g/mol. The standard InChI is InChI=1S/C19H23N3O5S2/c1-14(23)20-11-16-3-5-19(28-16)29(24,25)22-8-6-21(7-9-22)12-15-2-4-17-18(10-15)27-13-26-17/h2-5,10H,6-9,11-13H2,1H3,(H,20,23). The molecule has 0 radical (unpaired) electrons. The van der Waals surface area contributed by atoms with Gasteiger partial charge in [0.05, 0.1) is 6.54 Å². The number of amides is 1. The Hall–Kier alpha value is -2.14. The molecule has 0 spiro atoms. The Balaban J connectivity index is 1.34. The van der Waals surface area contributed by atoms with Crippen LogP contribution in [0.2, 0.25) is 0 Å². The van der Waals surface area contributed by atoms with Crippen LogP contribution < -0.4 is 14.8 Å². The van der Waals surface area contributed by atoms with Gasteiger partial charge in [-0.05, 0) is 29.8 Å². The Morgan fingerprint density at radius 3 is 2.62 bits per heavy atom. The molecule has 2 aliphatic heterocycles. The molecule has 1 aromatic carbocycles. The molecule has 1 amide bonds. The molecule has 1 N–H and O–H groups in total. The summed E-state index contributed by atoms with van der Waals surface area (Å²) in [7, 11) is -3.51. The van der Waals surface area contributed by atoms with Crippen molar-refractivity contribution < 1.29 is 22.7 Å². The smallest absolute Gasteiger partial charge is 0.252 e. The fourth-order valence-corrected chi connectivity index (χ4v) is 6.23. The molecule has 29 heavy (non-hydrogen) atoms. The second kappa shape index (κ2) is 8.31. The van der Waals surface area contributed by atoms with Gasteiger partial charge in [0.15, 0.2) is 11.5 Å². The number of carbonyl (C=O) groups excluding carboxylic acids is 1. The Labute approximate surface area is 174 Å². The van der Waals surface area contributed by atoms with E-state index in [0.29, 0.717) is 36.9 Å². The van der Waals surface area contributed by atoms with Gasteiger partial charge in [0.25, 0.3) is 10.0 Å². The largest absolute Gasteiger partial charge is 0.454 e. The van der Waals surface area contributed by atoms with Crippen LogP contribution >= 0.6 is 11.3 Å². The quantitative estimate of drug-likeness (QED) is 0.739. The molecule has 4 rings (SSSR count). The van der Waals surface area contributed by atoms with E-state index in [4.69, 9.17) is 9.47 Å². The number of thiophene rings is 1. The van der Waals surface area contributed by atoms with Gasteiger partial charge in [-0.1, -0.05) is 6.07 Å². The minimum atomic E-state index is -3.51. The molecule has 8 nitrogen and oxygen atoms in total. The average Bonchev–Trinajstić information content (AvgIpc) is 3.36. The van der Waals surface area contributed by atoms with Crippen molar-refractivity contribution in [3.8, 4) is 11.5 Å². The summed E-state index contributed by atoms with van der Waals surface area (Å²) in [5.41, 5.74) is 1.12. The minimum absolute atomic E-state index is 0.138. The van der Waals surface area contributed by atoms with Crippen LogP contribution in [0.3, 0.4) is 0 Å². The van der Waals surface area contributed by atoms with Gasteiger partial charge in [-0.2, -0.15) is 4.31 Å². The van der Waals surface area contributed by atoms with Gasteiger partial charge < -0.3 is 14.8 Å². The molecule has 2 aromatic rings. The predicted molar refractivity (Wildman–Crippen MR) is 108 cm³/mol. The van der Waals surface area contributed by atoms with Gasteiger partial charge in [-0.25, -0.2) is 8.42 Å². The van der Waals surface area contributed by atoms with Crippen molar-refractivity contribution in [3.63, 3.8) is 0 Å². The number of hydrogen-bond acceptors (Lipinski definition) is 7. The van der Waals surface area contributed by atoms with Gasteiger partial charge in [-0.3, -0.25) is 9.69 Å². The SMILES string of the molecule is CC(=O)NCc1ccc(S(=O)(=O)N2CCN(Cc3ccc4c(c3)OCO4)CC2)s1. The predicted octanol–water partition coefficient (Wildman–Crippen LogP) is 1.62. The van der Waals surface area contributed by atoms with Gasteiger partial charge in [0, 0.05) is 44.5 Å². The van der Waals surface area contributed by atoms with E-state index in [-0.39, 0.29) is 12.7 Å². The van der Waals surface area contributed by atoms with Crippen LogP contribution in [0, 0.1) is 0 Å². The third-order valence-corrected chi connectivity index (χ3v) is 8.37. The van der Waals surface area contributed by atoms with E-state index >= 15 is 0 Å². The van der Waals surface area contributed by atoms with Crippen molar-refractivity contribution in [2.75, 3.05) is 33.0 Å². The van der Waals surface area contributed by atoms with Crippen LogP contribution in [0.5, 0.6) is 11.5 Å². The maximum atomic E-state index is 12.9. The highest BCUT2D eigenvalue weighted by Gasteiger charge is 2.30. The summed E-state index contributed by atoms with van der Waals surface area (Å²) < 4.78 is 38.5. The van der Waals surface area contributed by atoms with Crippen molar-refractivity contribution in [2.24, 2.45) is 0 Å². The lowest BCUT2D eigenvalue weighted by Gasteiger charge is -2.33. The number of ether oxygens (including phenoxy) is 2. The van der Waals surface area contributed by atoms with Gasteiger partial charge in [-0.15, -0.1) is 11.3 Å². The van der Waals surface area contributed by atoms with E-state index < -0.39 is 10.0 Å². The maximum absolute atomic E-state index is 12.9. The molecule has 156 valence electrons. The number of hydrogen-bond donors (Lipinski definition) is 1. The molecule has 0 aliphatic carbocycles. The number of carbonyl (C=O) groups is 1. The Bertz CT molecular complexity index is 997. The lowest BCUT2D eigenvalue weighted by Crippen LogP contribution is -2.48. The van der Waals surface area contributed by atoms with E-state index in [1.54, 1.807) is 12.1 Å². The molecule has 1 aromatic heterocycles. The van der Waals surface area contributed by atoms with E-state index in [0.717, 1.165) is 28.5 Å². The normalized spacial score (nSPS) is 17.4. The number of nitrogens with zero attached hydrogens (tertiary/aromatic N) is 2. The molecule has 3 heterocycles. The molecule has 0 atom stereocenters. The van der Waals surface area contributed by atoms with E-state index in [9.17, 15) is 13.2 Å². The van der Waals surface area contributed by atoms with Gasteiger partial charge in [0.2, 0.25) is 12.7 Å². The Kier molecular flexibility index (Phi) is 5.77. The zero-order valence-electron chi connectivity index (χ0n) is 16.1. The van der Waals surface area contributed by atoms with Crippen LogP contribution in [0.15, 0.2) is 34.5 Å². The van der Waals surface area contributed by atoms with E-state index in [2.05, 4.69) is 10.2 Å². The second-order valence-corrected chi connectivity index (χ2v) is 10.3. The fourth-order valence-electron chi connectivity index (χ4n) is 3.36. The summed E-state index contributed by atoms with van der Waals surface area (Å²) in [5.74, 6) is 1.39. The first kappa shape index (κ1) is 20.1. The van der Waals surface area contributed by atoms with Crippen LogP contribution in [-0.4, -0.2) is 56.5 Å². The molecule has 0 bridgehead atoms. The number of fused-ring (bicyclic) bond motifs is 1. The number of benzene rings is 1. The highest BCUT2D eigenvalue weighted by atomic mass is 32.2. The molecule has 1 saturated heterocycles. The van der Waals surface area contributed by atoms with Crippen molar-refractivity contribution in [1.82, 2.24) is 14.5 Å². The maximum Gasteiger partial charge on any atom is 0.252 e. The number of sulfonamides is 1. The first-order valence-corrected chi connectivity index (χ1v) is 11.6. The highest BCUT2D eigenvalue weighted by molar-refractivity contribution is 7.91. The highest BCUT2D eigenvalue weighted by Crippen LogP contribution is 2.33. The average molecular weight is 438 g/mol.